The third-order valence-electron chi connectivity index (χ3n) is 4.48. The maximum Gasteiger partial charge on any atom is 0.191 e. The first-order valence-electron chi connectivity index (χ1n) is 8.17. The van der Waals surface area contributed by atoms with Crippen LogP contribution in [0.5, 0.6) is 0 Å². The molecular weight excluding hydrogens is 437 g/mol. The van der Waals surface area contributed by atoms with Crippen molar-refractivity contribution in [3.05, 3.63) is 16.1 Å². The van der Waals surface area contributed by atoms with Gasteiger partial charge in [-0.1, -0.05) is 0 Å². The molecule has 0 atom stereocenters. The predicted molar refractivity (Wildman–Crippen MR) is 112 cm³/mol. The minimum absolute atomic E-state index is 0. The number of rotatable bonds is 6. The topological polar surface area (TPSA) is 61.8 Å². The number of likely N-dealkylation sites (N-methyl/N-ethyl adjacent to an activating group) is 1. The van der Waals surface area contributed by atoms with E-state index in [1.165, 1.54) is 9.88 Å². The lowest BCUT2D eigenvalue weighted by Gasteiger charge is -2.43. The summed E-state index contributed by atoms with van der Waals surface area (Å²) in [4.78, 5) is 12.3. The lowest BCUT2D eigenvalue weighted by molar-refractivity contribution is -0.00500. The summed E-state index contributed by atoms with van der Waals surface area (Å²) in [6, 6.07) is 0. The molecule has 1 aromatic rings. The zero-order valence-electron chi connectivity index (χ0n) is 15.1. The van der Waals surface area contributed by atoms with Crippen molar-refractivity contribution in [2.75, 3.05) is 47.4 Å². The second-order valence-electron chi connectivity index (χ2n) is 6.20. The molecule has 8 heteroatoms. The number of hydrogen-bond donors (Lipinski definition) is 2. The van der Waals surface area contributed by atoms with E-state index in [2.05, 4.69) is 46.5 Å². The maximum atomic E-state index is 5.52. The minimum Gasteiger partial charge on any atom is -0.381 e. The first kappa shape index (κ1) is 21.6. The number of hydrogen-bond acceptors (Lipinski definition) is 5. The highest BCUT2D eigenvalue weighted by Gasteiger charge is 2.34. The summed E-state index contributed by atoms with van der Waals surface area (Å²) in [5, 5.41) is 8.02. The van der Waals surface area contributed by atoms with Crippen molar-refractivity contribution in [1.82, 2.24) is 20.5 Å². The summed E-state index contributed by atoms with van der Waals surface area (Å²) in [5.41, 5.74) is 0.141. The Bertz CT molecular complexity index is 514. The van der Waals surface area contributed by atoms with Crippen LogP contribution >= 0.6 is 35.3 Å². The van der Waals surface area contributed by atoms with E-state index in [4.69, 9.17) is 4.74 Å². The van der Waals surface area contributed by atoms with Gasteiger partial charge < -0.3 is 20.3 Å². The number of aryl methyl sites for hydroxylation is 1. The Balaban J connectivity index is 0.00000288. The van der Waals surface area contributed by atoms with Gasteiger partial charge in [-0.25, -0.2) is 4.98 Å². The molecule has 24 heavy (non-hydrogen) atoms. The normalized spacial score (nSPS) is 17.5. The number of guanidine groups is 1. The lowest BCUT2D eigenvalue weighted by Crippen LogP contribution is -2.57. The van der Waals surface area contributed by atoms with E-state index in [0.29, 0.717) is 0 Å². The first-order valence-corrected chi connectivity index (χ1v) is 8.98. The van der Waals surface area contributed by atoms with Crippen LogP contribution in [-0.2, 0) is 11.2 Å². The fourth-order valence-electron chi connectivity index (χ4n) is 2.81. The average molecular weight is 467 g/mol. The molecule has 0 saturated carbocycles. The van der Waals surface area contributed by atoms with E-state index in [9.17, 15) is 0 Å². The molecule has 0 amide bonds. The summed E-state index contributed by atoms with van der Waals surface area (Å²) in [6.07, 6.45) is 4.94. The zero-order chi connectivity index (χ0) is 16.7. The number of aliphatic imine (C=N–C) groups is 1. The highest BCUT2D eigenvalue weighted by atomic mass is 127. The molecule has 0 aliphatic carbocycles. The fraction of sp³-hybridized carbons (Fsp3) is 0.750. The van der Waals surface area contributed by atoms with E-state index in [0.717, 1.165) is 51.5 Å². The molecule has 1 aliphatic rings. The molecule has 1 aromatic heterocycles. The Labute approximate surface area is 166 Å². The third kappa shape index (κ3) is 6.12. The molecule has 6 nitrogen and oxygen atoms in total. The van der Waals surface area contributed by atoms with E-state index >= 15 is 0 Å². The molecule has 2 rings (SSSR count). The number of ether oxygens (including phenoxy) is 1. The van der Waals surface area contributed by atoms with Gasteiger partial charge in [-0.15, -0.1) is 35.3 Å². The summed E-state index contributed by atoms with van der Waals surface area (Å²) in [7, 11) is 6.11. The Morgan fingerprint density at radius 2 is 2.08 bits per heavy atom. The molecule has 0 aromatic carbocycles. The SMILES string of the molecule is CN=C(NCCc1ncc(C)s1)NCC1(N(C)C)CCOCC1.I. The quantitative estimate of drug-likeness (QED) is 0.380. The number of thiazole rings is 1. The highest BCUT2D eigenvalue weighted by Crippen LogP contribution is 2.24. The molecule has 1 fully saturated rings. The maximum absolute atomic E-state index is 5.52. The van der Waals surface area contributed by atoms with Crippen LogP contribution in [0.4, 0.5) is 0 Å². The Morgan fingerprint density at radius 1 is 1.38 bits per heavy atom. The fourth-order valence-corrected chi connectivity index (χ4v) is 3.59. The molecule has 2 heterocycles. The predicted octanol–water partition coefficient (Wildman–Crippen LogP) is 1.89. The van der Waals surface area contributed by atoms with E-state index in [1.54, 1.807) is 11.3 Å². The van der Waals surface area contributed by atoms with Gasteiger partial charge >= 0.3 is 0 Å². The van der Waals surface area contributed by atoms with Gasteiger partial charge in [0.25, 0.3) is 0 Å². The van der Waals surface area contributed by atoms with Crippen molar-refractivity contribution < 1.29 is 4.74 Å². The van der Waals surface area contributed by atoms with Crippen LogP contribution < -0.4 is 10.6 Å². The smallest absolute Gasteiger partial charge is 0.191 e. The summed E-state index contributed by atoms with van der Waals surface area (Å²) in [5.74, 6) is 0.853. The molecule has 1 aliphatic heterocycles. The van der Waals surface area contributed by atoms with Crippen LogP contribution in [0.25, 0.3) is 0 Å². The molecule has 2 N–H and O–H groups in total. The van der Waals surface area contributed by atoms with Crippen LogP contribution in [0.15, 0.2) is 11.2 Å². The van der Waals surface area contributed by atoms with Crippen LogP contribution in [-0.4, -0.2) is 68.8 Å². The van der Waals surface area contributed by atoms with Gasteiger partial charge in [0.1, 0.15) is 0 Å². The van der Waals surface area contributed by atoms with E-state index < -0.39 is 0 Å². The van der Waals surface area contributed by atoms with Gasteiger partial charge in [0.15, 0.2) is 5.96 Å². The van der Waals surface area contributed by atoms with E-state index in [1.807, 2.05) is 13.2 Å². The number of aromatic nitrogens is 1. The monoisotopic (exact) mass is 467 g/mol. The van der Waals surface area contributed by atoms with Gasteiger partial charge in [-0.3, -0.25) is 4.99 Å². The second-order valence-corrected chi connectivity index (χ2v) is 7.52. The summed E-state index contributed by atoms with van der Waals surface area (Å²) >= 11 is 1.75. The molecular formula is C16H30IN5OS. The Kier molecular flexibility index (Phi) is 9.47. The van der Waals surface area contributed by atoms with Crippen molar-refractivity contribution in [2.24, 2.45) is 4.99 Å². The Hall–Kier alpha value is -0.450. The first-order chi connectivity index (χ1) is 11.1. The summed E-state index contributed by atoms with van der Waals surface area (Å²) < 4.78 is 5.52. The van der Waals surface area contributed by atoms with Crippen molar-refractivity contribution >= 4 is 41.3 Å². The van der Waals surface area contributed by atoms with Crippen LogP contribution in [0.1, 0.15) is 22.7 Å². The largest absolute Gasteiger partial charge is 0.381 e. The van der Waals surface area contributed by atoms with Crippen molar-refractivity contribution in [3.8, 4) is 0 Å². The second kappa shape index (κ2) is 10.5. The van der Waals surface area contributed by atoms with Crippen LogP contribution in [0.3, 0.4) is 0 Å². The molecule has 0 unspecified atom stereocenters. The standard InChI is InChI=1S/C16H29N5OS.HI/c1-13-11-19-14(23-13)5-8-18-15(17-2)20-12-16(21(3)4)6-9-22-10-7-16;/h11H,5-10,12H2,1-4H3,(H2,17,18,20);1H. The van der Waals surface area contributed by atoms with Gasteiger partial charge in [0.05, 0.1) is 5.01 Å². The van der Waals surface area contributed by atoms with Crippen molar-refractivity contribution in [1.29, 1.82) is 0 Å². The van der Waals surface area contributed by atoms with Gasteiger partial charge in [0.2, 0.25) is 0 Å². The van der Waals surface area contributed by atoms with Gasteiger partial charge in [0, 0.05) is 56.4 Å². The number of nitrogens with one attached hydrogen (secondary N) is 2. The minimum atomic E-state index is 0. The molecule has 0 radical (unpaired) electrons. The van der Waals surface area contributed by atoms with Gasteiger partial charge in [-0.05, 0) is 33.9 Å². The highest BCUT2D eigenvalue weighted by molar-refractivity contribution is 14.0. The summed E-state index contributed by atoms with van der Waals surface area (Å²) in [6.45, 7) is 5.46. The molecule has 0 spiro atoms. The molecule has 1 saturated heterocycles. The third-order valence-corrected chi connectivity index (χ3v) is 5.45. The number of halogens is 1. The molecule has 138 valence electrons. The zero-order valence-corrected chi connectivity index (χ0v) is 18.2. The van der Waals surface area contributed by atoms with Gasteiger partial charge in [-0.2, -0.15) is 0 Å². The average Bonchev–Trinajstić information content (AvgIpc) is 2.96. The molecule has 0 bridgehead atoms. The number of nitrogens with zero attached hydrogens (tertiary/aromatic N) is 3. The van der Waals surface area contributed by atoms with Crippen molar-refractivity contribution in [3.63, 3.8) is 0 Å². The van der Waals surface area contributed by atoms with Crippen LogP contribution in [0, 0.1) is 6.92 Å². The lowest BCUT2D eigenvalue weighted by atomic mass is 9.88. The Morgan fingerprint density at radius 3 is 2.62 bits per heavy atom. The van der Waals surface area contributed by atoms with E-state index in [-0.39, 0.29) is 29.5 Å². The van der Waals surface area contributed by atoms with Crippen LogP contribution in [0.2, 0.25) is 0 Å². The van der Waals surface area contributed by atoms with Crippen molar-refractivity contribution in [2.45, 2.75) is 31.7 Å².